The summed E-state index contributed by atoms with van der Waals surface area (Å²) in [4.78, 5) is 28.1. The molecule has 3 N–H and O–H groups in total. The quantitative estimate of drug-likeness (QED) is 0.873. The molecule has 0 saturated carbocycles. The van der Waals surface area contributed by atoms with Gasteiger partial charge in [-0.2, -0.15) is 0 Å². The summed E-state index contributed by atoms with van der Waals surface area (Å²) in [6.07, 6.45) is 1.63. The summed E-state index contributed by atoms with van der Waals surface area (Å²) in [6.45, 7) is 3.85. The lowest BCUT2D eigenvalue weighted by atomic mass is 10.1. The van der Waals surface area contributed by atoms with Crippen LogP contribution in [-0.2, 0) is 16.1 Å². The third-order valence-electron chi connectivity index (χ3n) is 4.02. The molecular formula is C16H20N4O3. The van der Waals surface area contributed by atoms with Crippen molar-refractivity contribution in [3.63, 3.8) is 0 Å². The number of imidazole rings is 1. The molecule has 1 atom stereocenters. The summed E-state index contributed by atoms with van der Waals surface area (Å²) in [5.74, 6) is -0.206. The molecule has 2 aromatic rings. The number of amides is 2. The van der Waals surface area contributed by atoms with Crippen LogP contribution >= 0.6 is 0 Å². The smallest absolute Gasteiger partial charge is 0.248 e. The van der Waals surface area contributed by atoms with E-state index in [-0.39, 0.29) is 11.8 Å². The van der Waals surface area contributed by atoms with Gasteiger partial charge in [0.25, 0.3) is 0 Å². The number of fused-ring (bicyclic) bond motifs is 1. The van der Waals surface area contributed by atoms with E-state index in [1.807, 2.05) is 10.6 Å². The summed E-state index contributed by atoms with van der Waals surface area (Å²) in [5, 5.41) is 2.89. The maximum atomic E-state index is 12.3. The number of nitrogens with zero attached hydrogens (tertiary/aromatic N) is 2. The van der Waals surface area contributed by atoms with Crippen LogP contribution in [0.4, 0.5) is 5.95 Å². The van der Waals surface area contributed by atoms with E-state index in [1.165, 1.54) is 0 Å². The van der Waals surface area contributed by atoms with Gasteiger partial charge in [-0.3, -0.25) is 14.9 Å². The average molecular weight is 316 g/mol. The van der Waals surface area contributed by atoms with Crippen molar-refractivity contribution in [2.45, 2.75) is 26.3 Å². The zero-order valence-corrected chi connectivity index (χ0v) is 13.0. The van der Waals surface area contributed by atoms with Crippen LogP contribution < -0.4 is 11.1 Å². The first kappa shape index (κ1) is 15.5. The van der Waals surface area contributed by atoms with E-state index >= 15 is 0 Å². The second kappa shape index (κ2) is 6.37. The number of anilines is 1. The molecule has 23 heavy (non-hydrogen) atoms. The molecule has 1 aliphatic rings. The Balaban J connectivity index is 1.95. The Kier molecular flexibility index (Phi) is 4.29. The van der Waals surface area contributed by atoms with E-state index in [0.717, 1.165) is 24.9 Å². The van der Waals surface area contributed by atoms with Crippen LogP contribution in [-0.4, -0.2) is 34.6 Å². The molecule has 0 spiro atoms. The summed E-state index contributed by atoms with van der Waals surface area (Å²) in [6, 6.07) is 5.14. The van der Waals surface area contributed by atoms with E-state index in [9.17, 15) is 9.59 Å². The van der Waals surface area contributed by atoms with Crippen LogP contribution in [0.2, 0.25) is 0 Å². The van der Waals surface area contributed by atoms with Gasteiger partial charge in [-0.15, -0.1) is 0 Å². The van der Waals surface area contributed by atoms with E-state index in [2.05, 4.69) is 17.2 Å². The highest BCUT2D eigenvalue weighted by atomic mass is 16.5. The summed E-state index contributed by atoms with van der Waals surface area (Å²) >= 11 is 0. The van der Waals surface area contributed by atoms with Crippen molar-refractivity contribution >= 4 is 28.8 Å². The molecule has 1 aliphatic heterocycles. The van der Waals surface area contributed by atoms with Gasteiger partial charge in [-0.1, -0.05) is 6.92 Å². The monoisotopic (exact) mass is 316 g/mol. The third kappa shape index (κ3) is 3.05. The third-order valence-corrected chi connectivity index (χ3v) is 4.02. The number of aryl methyl sites for hydroxylation is 1. The second-order valence-corrected chi connectivity index (χ2v) is 5.70. The van der Waals surface area contributed by atoms with E-state index in [4.69, 9.17) is 10.5 Å². The van der Waals surface area contributed by atoms with Gasteiger partial charge in [0.15, 0.2) is 0 Å². The topological polar surface area (TPSA) is 99.2 Å². The van der Waals surface area contributed by atoms with Crippen LogP contribution in [0.25, 0.3) is 11.0 Å². The second-order valence-electron chi connectivity index (χ2n) is 5.70. The molecule has 0 bridgehead atoms. The number of hydrogen-bond donors (Lipinski definition) is 2. The van der Waals surface area contributed by atoms with Crippen molar-refractivity contribution in [1.29, 1.82) is 0 Å². The first-order chi connectivity index (χ1) is 11.1. The standard InChI is InChI=1S/C16H20N4O3/c1-2-6-20-13-4-3-10(14(17)21)8-12(13)18-16(20)19-15(22)11-5-7-23-9-11/h3-4,8,11H,2,5-7,9H2,1H3,(H2,17,21)(H,18,19,22)/t11-/m1/s1. The fourth-order valence-electron chi connectivity index (χ4n) is 2.78. The fraction of sp³-hybridized carbons (Fsp3) is 0.438. The molecule has 0 unspecified atom stereocenters. The number of nitrogens with two attached hydrogens (primary N) is 1. The molecule has 0 aliphatic carbocycles. The van der Waals surface area contributed by atoms with Gasteiger partial charge in [0.05, 0.1) is 23.6 Å². The van der Waals surface area contributed by atoms with Gasteiger partial charge in [-0.25, -0.2) is 4.98 Å². The molecule has 122 valence electrons. The number of primary amides is 1. The Morgan fingerprint density at radius 3 is 2.96 bits per heavy atom. The van der Waals surface area contributed by atoms with Crippen molar-refractivity contribution in [2.75, 3.05) is 18.5 Å². The van der Waals surface area contributed by atoms with Crippen molar-refractivity contribution in [2.24, 2.45) is 11.7 Å². The van der Waals surface area contributed by atoms with Crippen LogP contribution in [0.15, 0.2) is 18.2 Å². The van der Waals surface area contributed by atoms with E-state index in [0.29, 0.717) is 30.2 Å². The average Bonchev–Trinajstić information content (AvgIpc) is 3.16. The summed E-state index contributed by atoms with van der Waals surface area (Å²) in [5.41, 5.74) is 7.23. The van der Waals surface area contributed by atoms with E-state index < -0.39 is 5.91 Å². The summed E-state index contributed by atoms with van der Waals surface area (Å²) < 4.78 is 7.21. The first-order valence-corrected chi connectivity index (χ1v) is 7.79. The van der Waals surface area contributed by atoms with Gasteiger partial charge in [0, 0.05) is 18.7 Å². The molecule has 3 rings (SSSR count). The molecule has 1 saturated heterocycles. The Bertz CT molecular complexity index is 747. The molecule has 1 fully saturated rings. The van der Waals surface area contributed by atoms with Crippen LogP contribution in [0.3, 0.4) is 0 Å². The number of hydrogen-bond acceptors (Lipinski definition) is 4. The summed E-state index contributed by atoms with van der Waals surface area (Å²) in [7, 11) is 0. The van der Waals surface area contributed by atoms with Crippen LogP contribution in [0.1, 0.15) is 30.1 Å². The van der Waals surface area contributed by atoms with Crippen molar-refractivity contribution in [3.05, 3.63) is 23.8 Å². The Morgan fingerprint density at radius 1 is 1.48 bits per heavy atom. The number of aromatic nitrogens is 2. The molecule has 0 radical (unpaired) electrons. The van der Waals surface area contributed by atoms with Gasteiger partial charge in [-0.05, 0) is 31.0 Å². The molecule has 1 aromatic heterocycles. The number of benzene rings is 1. The predicted octanol–water partition coefficient (Wildman–Crippen LogP) is 1.52. The number of rotatable bonds is 5. The zero-order chi connectivity index (χ0) is 16.4. The van der Waals surface area contributed by atoms with Gasteiger partial charge < -0.3 is 15.0 Å². The lowest BCUT2D eigenvalue weighted by molar-refractivity contribution is -0.119. The number of carbonyl (C=O) groups excluding carboxylic acids is 2. The minimum Gasteiger partial charge on any atom is -0.381 e. The number of ether oxygens (including phenoxy) is 1. The van der Waals surface area contributed by atoms with Crippen molar-refractivity contribution in [1.82, 2.24) is 9.55 Å². The van der Waals surface area contributed by atoms with Gasteiger partial charge >= 0.3 is 0 Å². The van der Waals surface area contributed by atoms with Gasteiger partial charge in [0.1, 0.15) is 0 Å². The zero-order valence-electron chi connectivity index (χ0n) is 13.0. The lowest BCUT2D eigenvalue weighted by Gasteiger charge is -2.11. The predicted molar refractivity (Wildman–Crippen MR) is 86.1 cm³/mol. The fourth-order valence-corrected chi connectivity index (χ4v) is 2.78. The normalized spacial score (nSPS) is 17.5. The maximum Gasteiger partial charge on any atom is 0.248 e. The molecule has 2 amide bonds. The van der Waals surface area contributed by atoms with Crippen LogP contribution in [0.5, 0.6) is 0 Å². The minimum absolute atomic E-state index is 0.0784. The largest absolute Gasteiger partial charge is 0.381 e. The lowest BCUT2D eigenvalue weighted by Crippen LogP contribution is -2.24. The number of carbonyl (C=O) groups is 2. The molecule has 1 aromatic carbocycles. The molecule has 7 nitrogen and oxygen atoms in total. The Hall–Kier alpha value is -2.41. The highest BCUT2D eigenvalue weighted by molar-refractivity contribution is 5.97. The van der Waals surface area contributed by atoms with Crippen LogP contribution in [0, 0.1) is 5.92 Å². The SMILES string of the molecule is CCCn1c(NC(=O)[C@@H]2CCOC2)nc2cc(C(N)=O)ccc21. The molecular weight excluding hydrogens is 296 g/mol. The van der Waals surface area contributed by atoms with Crippen molar-refractivity contribution in [3.8, 4) is 0 Å². The number of nitrogens with one attached hydrogen (secondary N) is 1. The molecule has 2 heterocycles. The van der Waals surface area contributed by atoms with Crippen molar-refractivity contribution < 1.29 is 14.3 Å². The maximum absolute atomic E-state index is 12.3. The minimum atomic E-state index is -0.495. The van der Waals surface area contributed by atoms with Gasteiger partial charge in [0.2, 0.25) is 17.8 Å². The Morgan fingerprint density at radius 2 is 2.30 bits per heavy atom. The highest BCUT2D eigenvalue weighted by Gasteiger charge is 2.25. The highest BCUT2D eigenvalue weighted by Crippen LogP contribution is 2.23. The first-order valence-electron chi connectivity index (χ1n) is 7.79. The molecule has 7 heteroatoms. The van der Waals surface area contributed by atoms with E-state index in [1.54, 1.807) is 12.1 Å². The Labute approximate surface area is 133 Å².